The lowest BCUT2D eigenvalue weighted by Crippen LogP contribution is -2.13. The van der Waals surface area contributed by atoms with Crippen LogP contribution in [0.4, 0.5) is 5.82 Å². The number of hydrogen-bond donors (Lipinski definition) is 1. The number of fused-ring (bicyclic) bond motifs is 1. The second-order valence-electron chi connectivity index (χ2n) is 4.86. The third-order valence-electron chi connectivity index (χ3n) is 2.97. The van der Waals surface area contributed by atoms with Gasteiger partial charge in [-0.1, -0.05) is 13.8 Å². The van der Waals surface area contributed by atoms with Gasteiger partial charge in [-0.05, 0) is 12.0 Å². The highest BCUT2D eigenvalue weighted by molar-refractivity contribution is 5.67. The van der Waals surface area contributed by atoms with Gasteiger partial charge >= 0.3 is 0 Å². The van der Waals surface area contributed by atoms with Gasteiger partial charge in [-0.3, -0.25) is 0 Å². The molecule has 0 fully saturated rings. The smallest absolute Gasteiger partial charge is 0.152 e. The van der Waals surface area contributed by atoms with Gasteiger partial charge in [0.1, 0.15) is 5.52 Å². The van der Waals surface area contributed by atoms with Crippen molar-refractivity contribution in [2.24, 2.45) is 0 Å². The molecule has 0 spiro atoms. The number of rotatable bonds is 8. The van der Waals surface area contributed by atoms with Crippen LogP contribution in [-0.4, -0.2) is 48.1 Å². The minimum absolute atomic E-state index is 0.403. The Morgan fingerprint density at radius 1 is 1.30 bits per heavy atom. The van der Waals surface area contributed by atoms with E-state index in [0.717, 1.165) is 17.0 Å². The molecular weight excluding hydrogens is 256 g/mol. The monoisotopic (exact) mass is 278 g/mol. The summed E-state index contributed by atoms with van der Waals surface area (Å²) >= 11 is 0. The zero-order valence-corrected chi connectivity index (χ0v) is 12.3. The lowest BCUT2D eigenvalue weighted by Gasteiger charge is -2.07. The number of methoxy groups -OCH3 is 1. The van der Waals surface area contributed by atoms with Crippen LogP contribution in [0.5, 0.6) is 0 Å². The van der Waals surface area contributed by atoms with Gasteiger partial charge in [0.15, 0.2) is 5.82 Å². The van der Waals surface area contributed by atoms with Crippen LogP contribution in [0, 0.1) is 0 Å². The summed E-state index contributed by atoms with van der Waals surface area (Å²) in [7, 11) is 1.66. The van der Waals surface area contributed by atoms with Crippen molar-refractivity contribution in [3.05, 3.63) is 24.2 Å². The lowest BCUT2D eigenvalue weighted by atomic mass is 10.1. The zero-order valence-electron chi connectivity index (χ0n) is 12.3. The highest BCUT2D eigenvalue weighted by Gasteiger charge is 2.09. The van der Waals surface area contributed by atoms with E-state index >= 15 is 0 Å². The van der Waals surface area contributed by atoms with Gasteiger partial charge in [-0.2, -0.15) is 5.10 Å². The molecule has 6 heteroatoms. The van der Waals surface area contributed by atoms with Crippen LogP contribution in [0.1, 0.15) is 25.5 Å². The molecule has 0 aliphatic carbocycles. The maximum atomic E-state index is 5.41. The van der Waals surface area contributed by atoms with Crippen molar-refractivity contribution in [1.82, 2.24) is 14.6 Å². The third kappa shape index (κ3) is 3.68. The van der Waals surface area contributed by atoms with E-state index in [-0.39, 0.29) is 0 Å². The first-order valence-corrected chi connectivity index (χ1v) is 6.87. The zero-order chi connectivity index (χ0) is 14.4. The Balaban J connectivity index is 1.95. The molecule has 110 valence electrons. The summed E-state index contributed by atoms with van der Waals surface area (Å²) in [5.41, 5.74) is 2.06. The van der Waals surface area contributed by atoms with E-state index in [9.17, 15) is 0 Å². The molecule has 2 aromatic rings. The highest BCUT2D eigenvalue weighted by atomic mass is 16.5. The van der Waals surface area contributed by atoms with Gasteiger partial charge in [0.25, 0.3) is 0 Å². The van der Waals surface area contributed by atoms with Crippen LogP contribution in [0.3, 0.4) is 0 Å². The minimum atomic E-state index is 0.403. The average molecular weight is 278 g/mol. The molecule has 2 heterocycles. The van der Waals surface area contributed by atoms with Crippen molar-refractivity contribution < 1.29 is 9.47 Å². The average Bonchev–Trinajstić information content (AvgIpc) is 2.87. The van der Waals surface area contributed by atoms with Gasteiger partial charge in [0.2, 0.25) is 0 Å². The van der Waals surface area contributed by atoms with Gasteiger partial charge < -0.3 is 14.8 Å². The Bertz CT molecular complexity index is 539. The van der Waals surface area contributed by atoms with Crippen molar-refractivity contribution in [1.29, 1.82) is 0 Å². The molecule has 2 rings (SSSR count). The predicted octanol–water partition coefficient (Wildman–Crippen LogP) is 1.93. The Labute approximate surface area is 119 Å². The van der Waals surface area contributed by atoms with Crippen LogP contribution in [0.15, 0.2) is 18.5 Å². The van der Waals surface area contributed by atoms with Crippen LogP contribution in [0.25, 0.3) is 5.52 Å². The van der Waals surface area contributed by atoms with Crippen molar-refractivity contribution in [2.75, 3.05) is 38.8 Å². The molecule has 2 aromatic heterocycles. The molecule has 0 aliphatic rings. The third-order valence-corrected chi connectivity index (χ3v) is 2.97. The summed E-state index contributed by atoms with van der Waals surface area (Å²) < 4.78 is 12.2. The van der Waals surface area contributed by atoms with Crippen LogP contribution in [0.2, 0.25) is 0 Å². The van der Waals surface area contributed by atoms with E-state index in [1.807, 2.05) is 10.7 Å². The first kappa shape index (κ1) is 14.7. The van der Waals surface area contributed by atoms with Crippen molar-refractivity contribution in [3.8, 4) is 0 Å². The highest BCUT2D eigenvalue weighted by Crippen LogP contribution is 2.19. The molecule has 0 saturated carbocycles. The molecule has 0 amide bonds. The summed E-state index contributed by atoms with van der Waals surface area (Å²) in [6.45, 7) is 6.82. The second kappa shape index (κ2) is 7.21. The standard InChI is InChI=1S/C14H22N4O2/c1-11(2)12-10-13-14(15-4-6-18(13)17-12)16-5-7-20-9-8-19-3/h4,6,10-11H,5,7-9H2,1-3H3,(H,15,16). The van der Waals surface area contributed by atoms with Crippen molar-refractivity contribution in [3.63, 3.8) is 0 Å². The Kier molecular flexibility index (Phi) is 5.31. The number of hydrogen-bond acceptors (Lipinski definition) is 5. The molecule has 0 saturated heterocycles. The number of aromatic nitrogens is 3. The molecule has 0 aromatic carbocycles. The Morgan fingerprint density at radius 2 is 2.15 bits per heavy atom. The first-order chi connectivity index (χ1) is 9.72. The topological polar surface area (TPSA) is 60.7 Å². The van der Waals surface area contributed by atoms with Gasteiger partial charge in [-0.25, -0.2) is 9.50 Å². The molecule has 0 bridgehead atoms. The summed E-state index contributed by atoms with van der Waals surface area (Å²) in [6, 6.07) is 2.08. The summed E-state index contributed by atoms with van der Waals surface area (Å²) in [6.07, 6.45) is 3.61. The molecule has 0 radical (unpaired) electrons. The van der Waals surface area contributed by atoms with E-state index in [4.69, 9.17) is 9.47 Å². The molecule has 6 nitrogen and oxygen atoms in total. The summed E-state index contributed by atoms with van der Waals surface area (Å²) in [5, 5.41) is 7.81. The number of ether oxygens (including phenoxy) is 2. The van der Waals surface area contributed by atoms with Crippen molar-refractivity contribution >= 4 is 11.3 Å². The fraction of sp³-hybridized carbons (Fsp3) is 0.571. The lowest BCUT2D eigenvalue weighted by molar-refractivity contribution is 0.0759. The number of nitrogens with zero attached hydrogens (tertiary/aromatic N) is 3. The van der Waals surface area contributed by atoms with E-state index < -0.39 is 0 Å². The molecular formula is C14H22N4O2. The van der Waals surface area contributed by atoms with E-state index in [1.165, 1.54) is 0 Å². The minimum Gasteiger partial charge on any atom is -0.382 e. The van der Waals surface area contributed by atoms with E-state index in [2.05, 4.69) is 35.3 Å². The number of anilines is 1. The Hall–Kier alpha value is -1.66. The predicted molar refractivity (Wildman–Crippen MR) is 78.3 cm³/mol. The van der Waals surface area contributed by atoms with Gasteiger partial charge in [-0.15, -0.1) is 0 Å². The summed E-state index contributed by atoms with van der Waals surface area (Å²) in [4.78, 5) is 4.36. The molecule has 1 N–H and O–H groups in total. The molecule has 20 heavy (non-hydrogen) atoms. The molecule has 0 atom stereocenters. The quantitative estimate of drug-likeness (QED) is 0.748. The first-order valence-electron chi connectivity index (χ1n) is 6.87. The normalized spacial score (nSPS) is 11.4. The van der Waals surface area contributed by atoms with Gasteiger partial charge in [0, 0.05) is 26.0 Å². The van der Waals surface area contributed by atoms with Crippen LogP contribution in [-0.2, 0) is 9.47 Å². The van der Waals surface area contributed by atoms with Crippen LogP contribution >= 0.6 is 0 Å². The fourth-order valence-electron chi connectivity index (χ4n) is 1.85. The van der Waals surface area contributed by atoms with Crippen molar-refractivity contribution in [2.45, 2.75) is 19.8 Å². The fourth-order valence-corrected chi connectivity index (χ4v) is 1.85. The molecule has 0 unspecified atom stereocenters. The maximum absolute atomic E-state index is 5.41. The van der Waals surface area contributed by atoms with E-state index in [1.54, 1.807) is 13.3 Å². The number of nitrogens with one attached hydrogen (secondary N) is 1. The SMILES string of the molecule is COCCOCCNc1nccn2nc(C(C)C)cc12. The maximum Gasteiger partial charge on any atom is 0.152 e. The van der Waals surface area contributed by atoms with E-state index in [0.29, 0.717) is 32.3 Å². The largest absolute Gasteiger partial charge is 0.382 e. The summed E-state index contributed by atoms with van der Waals surface area (Å²) in [5.74, 6) is 1.24. The Morgan fingerprint density at radius 3 is 2.90 bits per heavy atom. The van der Waals surface area contributed by atoms with Gasteiger partial charge in [0.05, 0.1) is 25.5 Å². The molecule has 0 aliphatic heterocycles. The van der Waals surface area contributed by atoms with Crippen LogP contribution < -0.4 is 5.32 Å². The second-order valence-corrected chi connectivity index (χ2v) is 4.86.